The minimum atomic E-state index is -0.614. The Morgan fingerprint density at radius 3 is 2.25 bits per heavy atom. The van der Waals surface area contributed by atoms with E-state index in [1.165, 1.54) is 4.90 Å². The molecule has 5 aromatic rings. The Hall–Kier alpha value is -4.63. The monoisotopic (exact) mass is 604 g/mol. The third-order valence-corrected chi connectivity index (χ3v) is 8.86. The number of carbonyl (C=O) groups is 2. The molecule has 0 saturated carbocycles. The number of aryl methyl sites for hydroxylation is 1. The molecule has 1 aliphatic heterocycles. The second-order valence-electron chi connectivity index (χ2n) is 12.1. The fourth-order valence-corrected chi connectivity index (χ4v) is 6.37. The molecular formula is C35H36N6O2S. The molecule has 224 valence electrons. The van der Waals surface area contributed by atoms with Gasteiger partial charge in [0.25, 0.3) is 5.91 Å². The number of rotatable bonds is 5. The molecule has 3 amide bonds. The predicted molar refractivity (Wildman–Crippen MR) is 179 cm³/mol. The van der Waals surface area contributed by atoms with Crippen molar-refractivity contribution in [2.45, 2.75) is 33.1 Å². The molecule has 0 bridgehead atoms. The molecule has 9 heteroatoms. The molecule has 2 aromatic heterocycles. The number of carbonyl (C=O) groups excluding carboxylic acids is 2. The van der Waals surface area contributed by atoms with Gasteiger partial charge in [-0.05, 0) is 42.1 Å². The van der Waals surface area contributed by atoms with E-state index in [1.807, 2.05) is 96.4 Å². The SMILES string of the molecule is Cc1ccc(-n2nc(C(C)(C)C)cc2N(C(N)=O)c2ccc(-c3ccc(C(=O)N4CCSCC4)nc3)c3ccccc23)cc1. The van der Waals surface area contributed by atoms with Gasteiger partial charge in [0.05, 0.1) is 17.1 Å². The van der Waals surface area contributed by atoms with Crippen LogP contribution >= 0.6 is 11.8 Å². The van der Waals surface area contributed by atoms with Crippen LogP contribution in [0.2, 0.25) is 0 Å². The number of hydrogen-bond donors (Lipinski definition) is 1. The summed E-state index contributed by atoms with van der Waals surface area (Å²) in [7, 11) is 0. The van der Waals surface area contributed by atoms with Crippen LogP contribution in [0.15, 0.2) is 85.1 Å². The molecule has 2 N–H and O–H groups in total. The lowest BCUT2D eigenvalue weighted by molar-refractivity contribution is 0.0766. The number of hydrogen-bond acceptors (Lipinski definition) is 5. The fourth-order valence-electron chi connectivity index (χ4n) is 5.47. The Morgan fingerprint density at radius 2 is 1.61 bits per heavy atom. The van der Waals surface area contributed by atoms with Crippen LogP contribution in [-0.4, -0.2) is 56.2 Å². The quantitative estimate of drug-likeness (QED) is 0.231. The number of benzene rings is 3. The molecule has 0 radical (unpaired) electrons. The Bertz CT molecular complexity index is 1830. The van der Waals surface area contributed by atoms with Crippen molar-refractivity contribution in [3.05, 3.63) is 102 Å². The number of anilines is 2. The number of thioether (sulfide) groups is 1. The van der Waals surface area contributed by atoms with Crippen molar-refractivity contribution in [2.75, 3.05) is 29.5 Å². The maximum absolute atomic E-state index is 13.3. The van der Waals surface area contributed by atoms with E-state index in [9.17, 15) is 9.59 Å². The second-order valence-corrected chi connectivity index (χ2v) is 13.3. The van der Waals surface area contributed by atoms with Crippen LogP contribution in [-0.2, 0) is 5.41 Å². The van der Waals surface area contributed by atoms with Crippen LogP contribution in [0.4, 0.5) is 16.3 Å². The van der Waals surface area contributed by atoms with E-state index in [-0.39, 0.29) is 11.3 Å². The maximum atomic E-state index is 13.3. The average molecular weight is 605 g/mol. The van der Waals surface area contributed by atoms with Crippen LogP contribution in [0.25, 0.3) is 27.6 Å². The van der Waals surface area contributed by atoms with Crippen LogP contribution in [0, 0.1) is 6.92 Å². The first kappa shape index (κ1) is 29.4. The first-order valence-corrected chi connectivity index (χ1v) is 15.9. The number of amides is 3. The maximum Gasteiger partial charge on any atom is 0.325 e. The zero-order chi connectivity index (χ0) is 31.0. The Balaban J connectivity index is 1.44. The van der Waals surface area contributed by atoms with E-state index in [4.69, 9.17) is 10.8 Å². The summed E-state index contributed by atoms with van der Waals surface area (Å²) >= 11 is 1.87. The molecule has 8 nitrogen and oxygen atoms in total. The molecule has 3 heterocycles. The van der Waals surface area contributed by atoms with Gasteiger partial charge in [-0.2, -0.15) is 16.9 Å². The Kier molecular flexibility index (Phi) is 7.90. The zero-order valence-electron chi connectivity index (χ0n) is 25.4. The molecule has 44 heavy (non-hydrogen) atoms. The van der Waals surface area contributed by atoms with Crippen molar-refractivity contribution >= 4 is 46.0 Å². The number of primary amides is 1. The van der Waals surface area contributed by atoms with Crippen molar-refractivity contribution in [1.82, 2.24) is 19.7 Å². The van der Waals surface area contributed by atoms with Gasteiger partial charge in [0.1, 0.15) is 11.5 Å². The van der Waals surface area contributed by atoms with E-state index in [0.29, 0.717) is 17.2 Å². The minimum Gasteiger partial charge on any atom is -0.351 e. The first-order valence-electron chi connectivity index (χ1n) is 14.7. The standard InChI is InChI=1S/C35H36N6O2S/c1-23-9-12-25(13-10-23)41-32(21-31(38-41)35(2,3)4)40(34(36)43)30-16-14-26(27-7-5-6-8-28(27)30)24-11-15-29(37-22-24)33(42)39-17-19-44-20-18-39/h5-16,21-22H,17-20H2,1-4H3,(H2,36,43). The number of aromatic nitrogens is 3. The van der Waals surface area contributed by atoms with Gasteiger partial charge in [-0.25, -0.2) is 14.4 Å². The van der Waals surface area contributed by atoms with Crippen molar-refractivity contribution in [3.63, 3.8) is 0 Å². The van der Waals surface area contributed by atoms with Gasteiger partial charge in [0.2, 0.25) is 0 Å². The number of fused-ring (bicyclic) bond motifs is 1. The number of urea groups is 1. The summed E-state index contributed by atoms with van der Waals surface area (Å²) < 4.78 is 1.79. The van der Waals surface area contributed by atoms with Crippen molar-refractivity contribution in [3.8, 4) is 16.8 Å². The fraction of sp³-hybridized carbons (Fsp3) is 0.257. The predicted octanol–water partition coefficient (Wildman–Crippen LogP) is 7.10. The van der Waals surface area contributed by atoms with Crippen LogP contribution in [0.3, 0.4) is 0 Å². The third-order valence-electron chi connectivity index (χ3n) is 7.92. The van der Waals surface area contributed by atoms with E-state index in [1.54, 1.807) is 16.9 Å². The molecule has 1 fully saturated rings. The highest BCUT2D eigenvalue weighted by Gasteiger charge is 2.28. The van der Waals surface area contributed by atoms with Gasteiger partial charge in [-0.15, -0.1) is 0 Å². The largest absolute Gasteiger partial charge is 0.351 e. The lowest BCUT2D eigenvalue weighted by Gasteiger charge is -2.26. The number of nitrogens with two attached hydrogens (primary N) is 1. The third kappa shape index (κ3) is 5.67. The molecule has 1 saturated heterocycles. The van der Waals surface area contributed by atoms with Crippen molar-refractivity contribution in [2.24, 2.45) is 5.73 Å². The number of nitrogens with zero attached hydrogens (tertiary/aromatic N) is 5. The summed E-state index contributed by atoms with van der Waals surface area (Å²) in [6, 6.07) is 24.9. The van der Waals surface area contributed by atoms with Crippen LogP contribution in [0.1, 0.15) is 42.5 Å². The topological polar surface area (TPSA) is 97.3 Å². The highest BCUT2D eigenvalue weighted by Crippen LogP contribution is 2.39. The van der Waals surface area contributed by atoms with Gasteiger partial charge in [0, 0.05) is 53.2 Å². The van der Waals surface area contributed by atoms with Gasteiger partial charge in [0.15, 0.2) is 0 Å². The molecular weight excluding hydrogens is 568 g/mol. The summed E-state index contributed by atoms with van der Waals surface area (Å²) in [5.74, 6) is 2.43. The highest BCUT2D eigenvalue weighted by molar-refractivity contribution is 7.99. The smallest absolute Gasteiger partial charge is 0.325 e. The van der Waals surface area contributed by atoms with Gasteiger partial charge < -0.3 is 10.6 Å². The molecule has 0 aliphatic carbocycles. The summed E-state index contributed by atoms with van der Waals surface area (Å²) in [4.78, 5) is 34.2. The van der Waals surface area contributed by atoms with E-state index < -0.39 is 6.03 Å². The lowest BCUT2D eigenvalue weighted by Crippen LogP contribution is -2.38. The number of pyridine rings is 1. The van der Waals surface area contributed by atoms with E-state index >= 15 is 0 Å². The van der Waals surface area contributed by atoms with Crippen molar-refractivity contribution < 1.29 is 9.59 Å². The van der Waals surface area contributed by atoms with Crippen LogP contribution < -0.4 is 10.6 Å². The summed E-state index contributed by atoms with van der Waals surface area (Å²) in [6.45, 7) is 9.80. The normalized spacial score (nSPS) is 13.7. The molecule has 3 aromatic carbocycles. The summed E-state index contributed by atoms with van der Waals surface area (Å²) in [6.07, 6.45) is 1.75. The van der Waals surface area contributed by atoms with Crippen LogP contribution in [0.5, 0.6) is 0 Å². The average Bonchev–Trinajstić information content (AvgIpc) is 3.47. The summed E-state index contributed by atoms with van der Waals surface area (Å²) in [5, 5.41) is 6.72. The molecule has 1 aliphatic rings. The second kappa shape index (κ2) is 11.8. The first-order chi connectivity index (χ1) is 21.1. The van der Waals surface area contributed by atoms with E-state index in [0.717, 1.165) is 63.4 Å². The van der Waals surface area contributed by atoms with E-state index in [2.05, 4.69) is 25.8 Å². The van der Waals surface area contributed by atoms with Crippen molar-refractivity contribution in [1.29, 1.82) is 0 Å². The molecule has 0 atom stereocenters. The highest BCUT2D eigenvalue weighted by atomic mass is 32.2. The van der Waals surface area contributed by atoms with Gasteiger partial charge >= 0.3 is 6.03 Å². The zero-order valence-corrected chi connectivity index (χ0v) is 26.3. The molecule has 0 spiro atoms. The Morgan fingerprint density at radius 1 is 0.909 bits per heavy atom. The summed E-state index contributed by atoms with van der Waals surface area (Å²) in [5.41, 5.74) is 11.6. The minimum absolute atomic E-state index is 0.0334. The Labute approximate surface area is 261 Å². The molecule has 6 rings (SSSR count). The lowest BCUT2D eigenvalue weighted by atomic mass is 9.92. The van der Waals surface area contributed by atoms with Gasteiger partial charge in [-0.3, -0.25) is 9.78 Å². The molecule has 0 unspecified atom stereocenters. The van der Waals surface area contributed by atoms with Gasteiger partial charge in [-0.1, -0.05) is 74.9 Å².